The van der Waals surface area contributed by atoms with Gasteiger partial charge in [-0.3, -0.25) is 4.79 Å². The zero-order valence-electron chi connectivity index (χ0n) is 18.0. The second-order valence-corrected chi connectivity index (χ2v) is 7.90. The number of ether oxygens (including phenoxy) is 1. The smallest absolute Gasteiger partial charge is 0.251 e. The highest BCUT2D eigenvalue weighted by Gasteiger charge is 2.17. The van der Waals surface area contributed by atoms with Crippen LogP contribution in [0.25, 0.3) is 0 Å². The van der Waals surface area contributed by atoms with Gasteiger partial charge in [0.2, 0.25) is 0 Å². The first-order chi connectivity index (χ1) is 15.2. The highest BCUT2D eigenvalue weighted by molar-refractivity contribution is 5.94. The maximum atomic E-state index is 12.8. The zero-order valence-corrected chi connectivity index (χ0v) is 18.0. The standard InChI is InChI=1S/C26H29N3O2/c1-28-14-16-29(17-15-28)25-13-6-5-10-23(25)19-27-26(30)22-11-7-12-24(18-22)31-20-21-8-3-2-4-9-21/h2-13,18H,14-17,19-20H2,1H3,(H,27,30). The van der Waals surface area contributed by atoms with Crippen LogP contribution in [0.3, 0.4) is 0 Å². The number of carbonyl (C=O) groups excluding carboxylic acids is 1. The minimum Gasteiger partial charge on any atom is -0.489 e. The van der Waals surface area contributed by atoms with E-state index < -0.39 is 0 Å². The van der Waals surface area contributed by atoms with E-state index in [1.54, 1.807) is 6.07 Å². The molecule has 1 saturated heterocycles. The van der Waals surface area contributed by atoms with Crippen molar-refractivity contribution >= 4 is 11.6 Å². The molecule has 1 fully saturated rings. The molecule has 0 radical (unpaired) electrons. The summed E-state index contributed by atoms with van der Waals surface area (Å²) in [7, 11) is 2.15. The lowest BCUT2D eigenvalue weighted by Gasteiger charge is -2.35. The number of benzene rings is 3. The lowest BCUT2D eigenvalue weighted by atomic mass is 10.1. The van der Waals surface area contributed by atoms with E-state index in [-0.39, 0.29) is 5.91 Å². The highest BCUT2D eigenvalue weighted by atomic mass is 16.5. The van der Waals surface area contributed by atoms with Crippen LogP contribution in [0.5, 0.6) is 5.75 Å². The van der Waals surface area contributed by atoms with Gasteiger partial charge in [0, 0.05) is 44.0 Å². The van der Waals surface area contributed by atoms with Gasteiger partial charge in [-0.1, -0.05) is 54.6 Å². The van der Waals surface area contributed by atoms with Crippen molar-refractivity contribution in [2.24, 2.45) is 0 Å². The predicted molar refractivity (Wildman–Crippen MR) is 125 cm³/mol. The van der Waals surface area contributed by atoms with Crippen molar-refractivity contribution in [3.63, 3.8) is 0 Å². The fourth-order valence-electron chi connectivity index (χ4n) is 3.76. The summed E-state index contributed by atoms with van der Waals surface area (Å²) in [6, 6.07) is 25.7. The van der Waals surface area contributed by atoms with Crippen molar-refractivity contribution in [3.05, 3.63) is 95.6 Å². The Bertz CT molecular complexity index is 998. The second kappa shape index (κ2) is 10.1. The van der Waals surface area contributed by atoms with Gasteiger partial charge in [-0.05, 0) is 42.4 Å². The molecular weight excluding hydrogens is 386 g/mol. The number of nitrogens with one attached hydrogen (secondary N) is 1. The first kappa shape index (κ1) is 20.9. The number of amides is 1. The predicted octanol–water partition coefficient (Wildman–Crippen LogP) is 3.95. The normalized spacial score (nSPS) is 14.3. The van der Waals surface area contributed by atoms with Gasteiger partial charge in [0.05, 0.1) is 0 Å². The number of nitrogens with zero attached hydrogens (tertiary/aromatic N) is 2. The number of para-hydroxylation sites is 1. The van der Waals surface area contributed by atoms with Gasteiger partial charge in [0.15, 0.2) is 0 Å². The molecule has 0 spiro atoms. The minimum atomic E-state index is -0.0988. The Morgan fingerprint density at radius 3 is 2.45 bits per heavy atom. The number of likely N-dealkylation sites (N-methyl/N-ethyl adjacent to an activating group) is 1. The summed E-state index contributed by atoms with van der Waals surface area (Å²) in [5.74, 6) is 0.590. The Kier molecular flexibility index (Phi) is 6.85. The third-order valence-corrected chi connectivity index (χ3v) is 5.62. The van der Waals surface area contributed by atoms with Crippen LogP contribution in [0.1, 0.15) is 21.5 Å². The lowest BCUT2D eigenvalue weighted by molar-refractivity contribution is 0.0950. The van der Waals surface area contributed by atoms with E-state index in [4.69, 9.17) is 4.74 Å². The van der Waals surface area contributed by atoms with Gasteiger partial charge in [0.25, 0.3) is 5.91 Å². The monoisotopic (exact) mass is 415 g/mol. The minimum absolute atomic E-state index is 0.0988. The zero-order chi connectivity index (χ0) is 21.5. The van der Waals surface area contributed by atoms with Crippen molar-refractivity contribution in [2.75, 3.05) is 38.1 Å². The molecule has 3 aromatic carbocycles. The SMILES string of the molecule is CN1CCN(c2ccccc2CNC(=O)c2cccc(OCc3ccccc3)c2)CC1. The largest absolute Gasteiger partial charge is 0.489 e. The summed E-state index contributed by atoms with van der Waals surface area (Å²) < 4.78 is 5.86. The molecule has 0 aromatic heterocycles. The maximum Gasteiger partial charge on any atom is 0.251 e. The van der Waals surface area contributed by atoms with E-state index in [9.17, 15) is 4.79 Å². The molecule has 0 unspecified atom stereocenters. The first-order valence-corrected chi connectivity index (χ1v) is 10.8. The van der Waals surface area contributed by atoms with Gasteiger partial charge < -0.3 is 19.9 Å². The van der Waals surface area contributed by atoms with Gasteiger partial charge >= 0.3 is 0 Å². The topological polar surface area (TPSA) is 44.8 Å². The van der Waals surface area contributed by atoms with Crippen molar-refractivity contribution in [1.82, 2.24) is 10.2 Å². The van der Waals surface area contributed by atoms with E-state index in [1.165, 1.54) is 5.69 Å². The molecule has 0 bridgehead atoms. The van der Waals surface area contributed by atoms with E-state index in [1.807, 2.05) is 54.6 Å². The molecule has 5 heteroatoms. The average molecular weight is 416 g/mol. The summed E-state index contributed by atoms with van der Waals surface area (Å²) in [6.07, 6.45) is 0. The van der Waals surface area contributed by atoms with Crippen LogP contribution in [0.15, 0.2) is 78.9 Å². The first-order valence-electron chi connectivity index (χ1n) is 10.8. The van der Waals surface area contributed by atoms with Crippen molar-refractivity contribution in [2.45, 2.75) is 13.2 Å². The van der Waals surface area contributed by atoms with E-state index >= 15 is 0 Å². The number of carbonyl (C=O) groups is 1. The molecule has 0 atom stereocenters. The lowest BCUT2D eigenvalue weighted by Crippen LogP contribution is -2.45. The summed E-state index contributed by atoms with van der Waals surface area (Å²) in [6.45, 7) is 5.08. The molecule has 4 rings (SSSR count). The molecule has 3 aromatic rings. The molecule has 31 heavy (non-hydrogen) atoms. The molecule has 1 N–H and O–H groups in total. The van der Waals surface area contributed by atoms with Crippen molar-refractivity contribution < 1.29 is 9.53 Å². The summed E-state index contributed by atoms with van der Waals surface area (Å²) in [5.41, 5.74) is 4.04. The summed E-state index contributed by atoms with van der Waals surface area (Å²) >= 11 is 0. The van der Waals surface area contributed by atoms with E-state index in [0.29, 0.717) is 24.5 Å². The number of hydrogen-bond acceptors (Lipinski definition) is 4. The Morgan fingerprint density at radius 1 is 0.903 bits per heavy atom. The summed E-state index contributed by atoms with van der Waals surface area (Å²) in [4.78, 5) is 17.5. The van der Waals surface area contributed by atoms with Crippen LogP contribution in [0, 0.1) is 0 Å². The molecular formula is C26H29N3O2. The van der Waals surface area contributed by atoms with Crippen LogP contribution >= 0.6 is 0 Å². The van der Waals surface area contributed by atoms with Gasteiger partial charge in [-0.25, -0.2) is 0 Å². The maximum absolute atomic E-state index is 12.8. The van der Waals surface area contributed by atoms with Crippen molar-refractivity contribution in [3.8, 4) is 5.75 Å². The van der Waals surface area contributed by atoms with Crippen LogP contribution in [0.4, 0.5) is 5.69 Å². The Balaban J connectivity index is 1.37. The number of anilines is 1. The number of piperazine rings is 1. The molecule has 160 valence electrons. The van der Waals surface area contributed by atoms with Crippen molar-refractivity contribution in [1.29, 1.82) is 0 Å². The fraction of sp³-hybridized carbons (Fsp3) is 0.269. The van der Waals surface area contributed by atoms with Crippen LogP contribution in [-0.4, -0.2) is 44.0 Å². The number of rotatable bonds is 7. The second-order valence-electron chi connectivity index (χ2n) is 7.90. The Morgan fingerprint density at radius 2 is 1.65 bits per heavy atom. The average Bonchev–Trinajstić information content (AvgIpc) is 2.83. The number of hydrogen-bond donors (Lipinski definition) is 1. The molecule has 1 aliphatic rings. The molecule has 1 heterocycles. The van der Waals surface area contributed by atoms with Gasteiger partial charge in [0.1, 0.15) is 12.4 Å². The molecule has 0 aliphatic carbocycles. The summed E-state index contributed by atoms with van der Waals surface area (Å²) in [5, 5.41) is 3.07. The van der Waals surface area contributed by atoms with Crippen LogP contribution < -0.4 is 15.0 Å². The van der Waals surface area contributed by atoms with Gasteiger partial charge in [-0.2, -0.15) is 0 Å². The molecule has 5 nitrogen and oxygen atoms in total. The molecule has 1 aliphatic heterocycles. The molecule has 0 saturated carbocycles. The van der Waals surface area contributed by atoms with Crippen LogP contribution in [0.2, 0.25) is 0 Å². The van der Waals surface area contributed by atoms with E-state index in [0.717, 1.165) is 37.3 Å². The Labute approximate surface area is 184 Å². The quantitative estimate of drug-likeness (QED) is 0.635. The van der Waals surface area contributed by atoms with Gasteiger partial charge in [-0.15, -0.1) is 0 Å². The third kappa shape index (κ3) is 5.64. The van der Waals surface area contributed by atoms with Crippen LogP contribution in [-0.2, 0) is 13.2 Å². The fourth-order valence-corrected chi connectivity index (χ4v) is 3.76. The third-order valence-electron chi connectivity index (χ3n) is 5.62. The molecule has 1 amide bonds. The van der Waals surface area contributed by atoms with E-state index in [2.05, 4.69) is 40.4 Å². The highest BCUT2D eigenvalue weighted by Crippen LogP contribution is 2.22. The Hall–Kier alpha value is -3.31.